The first-order valence-electron chi connectivity index (χ1n) is 12.2. The summed E-state index contributed by atoms with van der Waals surface area (Å²) in [6.45, 7) is 0.101. The van der Waals surface area contributed by atoms with Crippen LogP contribution in [0.3, 0.4) is 0 Å². The van der Waals surface area contributed by atoms with Crippen molar-refractivity contribution >= 4 is 35.4 Å². The van der Waals surface area contributed by atoms with E-state index in [1.807, 2.05) is 66.7 Å². The highest BCUT2D eigenvalue weighted by Crippen LogP contribution is 2.36. The number of esters is 1. The standard InChI is InChI=1S/C29H27N3O5S/c1-36-21-9-5-8-18(14-21)10-12-22-26(28(34)37-16-19-6-3-2-4-7-19)27(32-29(35)31-22)20-11-13-24-23(15-20)30-25(33)17-38-24/h2-9,11,13-15,27H,10,12,16-17H2,1H3,(H,30,33)(H2,31,32,35). The lowest BCUT2D eigenvalue weighted by Crippen LogP contribution is -2.46. The van der Waals surface area contributed by atoms with E-state index in [2.05, 4.69) is 16.0 Å². The topological polar surface area (TPSA) is 106 Å². The van der Waals surface area contributed by atoms with Crippen LogP contribution in [0.2, 0.25) is 0 Å². The van der Waals surface area contributed by atoms with E-state index < -0.39 is 18.0 Å². The number of amides is 3. The monoisotopic (exact) mass is 529 g/mol. The van der Waals surface area contributed by atoms with Crippen LogP contribution >= 0.6 is 11.8 Å². The number of methoxy groups -OCH3 is 1. The predicted octanol–water partition coefficient (Wildman–Crippen LogP) is 4.72. The molecule has 0 spiro atoms. The van der Waals surface area contributed by atoms with E-state index in [0.29, 0.717) is 41.1 Å². The molecule has 3 N–H and O–H groups in total. The van der Waals surface area contributed by atoms with Crippen molar-refractivity contribution in [1.29, 1.82) is 0 Å². The smallest absolute Gasteiger partial charge is 0.338 e. The molecule has 2 aliphatic rings. The maximum absolute atomic E-state index is 13.6. The van der Waals surface area contributed by atoms with Crippen molar-refractivity contribution in [3.8, 4) is 5.75 Å². The maximum Gasteiger partial charge on any atom is 0.338 e. The number of hydrogen-bond acceptors (Lipinski definition) is 6. The first-order chi connectivity index (χ1) is 18.5. The molecule has 1 atom stereocenters. The minimum atomic E-state index is -0.749. The number of benzene rings is 3. The molecule has 9 heteroatoms. The Kier molecular flexibility index (Phi) is 7.65. The van der Waals surface area contributed by atoms with Crippen molar-refractivity contribution in [2.75, 3.05) is 18.2 Å². The van der Waals surface area contributed by atoms with Crippen molar-refractivity contribution in [3.63, 3.8) is 0 Å². The number of allylic oxidation sites excluding steroid dienone is 1. The molecule has 0 radical (unpaired) electrons. The minimum Gasteiger partial charge on any atom is -0.497 e. The maximum atomic E-state index is 13.6. The average Bonchev–Trinajstić information content (AvgIpc) is 2.94. The zero-order valence-electron chi connectivity index (χ0n) is 20.8. The number of ether oxygens (including phenoxy) is 2. The zero-order chi connectivity index (χ0) is 26.5. The lowest BCUT2D eigenvalue weighted by atomic mass is 9.92. The Balaban J connectivity index is 1.48. The van der Waals surface area contributed by atoms with Crippen molar-refractivity contribution in [1.82, 2.24) is 10.6 Å². The molecule has 0 bridgehead atoms. The zero-order valence-corrected chi connectivity index (χ0v) is 21.6. The van der Waals surface area contributed by atoms with E-state index in [4.69, 9.17) is 9.47 Å². The predicted molar refractivity (Wildman–Crippen MR) is 145 cm³/mol. The van der Waals surface area contributed by atoms with Crippen LogP contribution in [0.1, 0.15) is 29.2 Å². The van der Waals surface area contributed by atoms with Crippen LogP contribution < -0.4 is 20.7 Å². The molecule has 0 saturated carbocycles. The Morgan fingerprint density at radius 3 is 2.58 bits per heavy atom. The van der Waals surface area contributed by atoms with Gasteiger partial charge in [0.25, 0.3) is 0 Å². The number of carbonyl (C=O) groups is 3. The Bertz CT molecular complexity index is 1410. The fraction of sp³-hybridized carbons (Fsp3) is 0.207. The first-order valence-corrected chi connectivity index (χ1v) is 13.2. The lowest BCUT2D eigenvalue weighted by Gasteiger charge is -2.30. The normalized spacial score (nSPS) is 16.6. The first kappa shape index (κ1) is 25.4. The second kappa shape index (κ2) is 11.4. The van der Waals surface area contributed by atoms with Crippen molar-refractivity contribution in [3.05, 3.63) is 101 Å². The number of nitrogens with one attached hydrogen (secondary N) is 3. The summed E-state index contributed by atoms with van der Waals surface area (Å²) in [5.41, 5.74) is 4.02. The van der Waals surface area contributed by atoms with E-state index in [9.17, 15) is 14.4 Å². The molecule has 5 rings (SSSR count). The quantitative estimate of drug-likeness (QED) is 0.365. The second-order valence-electron chi connectivity index (χ2n) is 8.93. The highest BCUT2D eigenvalue weighted by molar-refractivity contribution is 8.00. The summed E-state index contributed by atoms with van der Waals surface area (Å²) in [7, 11) is 1.61. The number of thioether (sulfide) groups is 1. The Morgan fingerprint density at radius 1 is 0.947 bits per heavy atom. The number of rotatable bonds is 8. The van der Waals surface area contributed by atoms with Crippen LogP contribution in [-0.2, 0) is 27.4 Å². The van der Waals surface area contributed by atoms with E-state index in [0.717, 1.165) is 21.8 Å². The molecule has 8 nitrogen and oxygen atoms in total. The molecule has 3 aromatic rings. The fourth-order valence-electron chi connectivity index (χ4n) is 4.48. The summed E-state index contributed by atoms with van der Waals surface area (Å²) in [5.74, 6) is 0.469. The molecule has 2 aliphatic heterocycles. The number of fused-ring (bicyclic) bond motifs is 1. The summed E-state index contributed by atoms with van der Waals surface area (Å²) >= 11 is 1.45. The van der Waals surface area contributed by atoms with Crippen LogP contribution in [0.4, 0.5) is 10.5 Å². The number of carbonyl (C=O) groups excluding carboxylic acids is 3. The van der Waals surface area contributed by atoms with Crippen molar-refractivity contribution < 1.29 is 23.9 Å². The highest BCUT2D eigenvalue weighted by atomic mass is 32.2. The highest BCUT2D eigenvalue weighted by Gasteiger charge is 2.34. The second-order valence-corrected chi connectivity index (χ2v) is 9.95. The minimum absolute atomic E-state index is 0.0917. The molecule has 38 heavy (non-hydrogen) atoms. The van der Waals surface area contributed by atoms with Gasteiger partial charge in [-0.2, -0.15) is 0 Å². The third-order valence-corrected chi connectivity index (χ3v) is 7.43. The summed E-state index contributed by atoms with van der Waals surface area (Å²) < 4.78 is 11.0. The van der Waals surface area contributed by atoms with Crippen LogP contribution in [0.5, 0.6) is 5.75 Å². The molecule has 3 aromatic carbocycles. The van der Waals surface area contributed by atoms with Crippen LogP contribution in [0.15, 0.2) is 89.0 Å². The molecule has 2 heterocycles. The van der Waals surface area contributed by atoms with Gasteiger partial charge in [-0.3, -0.25) is 4.79 Å². The van der Waals surface area contributed by atoms with Crippen molar-refractivity contribution in [2.24, 2.45) is 0 Å². The molecule has 0 aromatic heterocycles. The van der Waals surface area contributed by atoms with Gasteiger partial charge in [-0.25, -0.2) is 9.59 Å². The van der Waals surface area contributed by atoms with Crippen molar-refractivity contribution in [2.45, 2.75) is 30.4 Å². The van der Waals surface area contributed by atoms with Gasteiger partial charge in [-0.15, -0.1) is 11.8 Å². The Hall–Kier alpha value is -4.24. The largest absolute Gasteiger partial charge is 0.497 e. The van der Waals surface area contributed by atoms with Gasteiger partial charge in [-0.05, 0) is 53.8 Å². The van der Waals surface area contributed by atoms with Crippen LogP contribution in [0, 0.1) is 0 Å². The fourth-order valence-corrected chi connectivity index (χ4v) is 5.27. The van der Waals surface area contributed by atoms with Gasteiger partial charge in [0.05, 0.1) is 30.2 Å². The Labute approximate surface area is 224 Å². The summed E-state index contributed by atoms with van der Waals surface area (Å²) in [4.78, 5) is 39.2. The molecule has 0 aliphatic carbocycles. The lowest BCUT2D eigenvalue weighted by molar-refractivity contribution is -0.140. The molecule has 194 valence electrons. The van der Waals surface area contributed by atoms with Gasteiger partial charge in [0.1, 0.15) is 12.4 Å². The number of anilines is 1. The molecule has 0 saturated heterocycles. The van der Waals surface area contributed by atoms with Gasteiger partial charge in [-0.1, -0.05) is 48.5 Å². The molecule has 3 amide bonds. The molecular weight excluding hydrogens is 502 g/mol. The van der Waals surface area contributed by atoms with E-state index in [1.165, 1.54) is 11.8 Å². The number of hydrogen-bond donors (Lipinski definition) is 3. The molecule has 1 unspecified atom stereocenters. The summed E-state index contributed by atoms with van der Waals surface area (Å²) in [6.07, 6.45) is 0.982. The number of aryl methyl sites for hydroxylation is 1. The van der Waals surface area contributed by atoms with E-state index in [1.54, 1.807) is 13.2 Å². The number of urea groups is 1. The van der Waals surface area contributed by atoms with Crippen LogP contribution in [0.25, 0.3) is 0 Å². The van der Waals surface area contributed by atoms with Crippen LogP contribution in [-0.4, -0.2) is 30.8 Å². The van der Waals surface area contributed by atoms with Gasteiger partial charge in [0.15, 0.2) is 0 Å². The van der Waals surface area contributed by atoms with E-state index >= 15 is 0 Å². The van der Waals surface area contributed by atoms with Gasteiger partial charge in [0, 0.05) is 10.6 Å². The van der Waals surface area contributed by atoms with E-state index in [-0.39, 0.29) is 12.5 Å². The van der Waals surface area contributed by atoms with Gasteiger partial charge in [0.2, 0.25) is 5.91 Å². The third kappa shape index (κ3) is 5.84. The summed E-state index contributed by atoms with van der Waals surface area (Å²) in [5, 5.41) is 8.59. The van der Waals surface area contributed by atoms with Gasteiger partial charge < -0.3 is 25.4 Å². The summed E-state index contributed by atoms with van der Waals surface area (Å²) in [6, 6.07) is 21.5. The molecule has 0 fully saturated rings. The third-order valence-electron chi connectivity index (χ3n) is 6.35. The average molecular weight is 530 g/mol. The molecular formula is C29H27N3O5S. The van der Waals surface area contributed by atoms with Gasteiger partial charge >= 0.3 is 12.0 Å². The SMILES string of the molecule is COc1cccc(CCC2=C(C(=O)OCc3ccccc3)C(c3ccc4c(c3)NC(=O)CS4)NC(=O)N2)c1. The Morgan fingerprint density at radius 2 is 1.76 bits per heavy atom.